The van der Waals surface area contributed by atoms with Gasteiger partial charge in [-0.05, 0) is 30.7 Å². The van der Waals surface area contributed by atoms with Crippen molar-refractivity contribution in [3.05, 3.63) is 65.7 Å². The molecule has 108 valence electrons. The number of fused-ring (bicyclic) bond motifs is 1. The van der Waals surface area contributed by atoms with Crippen molar-refractivity contribution in [1.29, 1.82) is 0 Å². The molecule has 0 amide bonds. The first kappa shape index (κ1) is 13.6. The van der Waals surface area contributed by atoms with E-state index in [-0.39, 0.29) is 12.4 Å². The van der Waals surface area contributed by atoms with E-state index in [4.69, 9.17) is 9.15 Å². The molecule has 0 spiro atoms. The SMILES string of the molecule is Cc1ccc(F)cc1OCC(O)c1cc2ccccc2o1. The van der Waals surface area contributed by atoms with E-state index in [2.05, 4.69) is 0 Å². The maximum absolute atomic E-state index is 13.2. The summed E-state index contributed by atoms with van der Waals surface area (Å²) in [7, 11) is 0. The van der Waals surface area contributed by atoms with Gasteiger partial charge >= 0.3 is 0 Å². The fraction of sp³-hybridized carbons (Fsp3) is 0.176. The van der Waals surface area contributed by atoms with Crippen LogP contribution in [0.15, 0.2) is 52.9 Å². The normalized spacial score (nSPS) is 12.5. The molecule has 3 rings (SSSR count). The number of furan rings is 1. The standard InChI is InChI=1S/C17H15FO3/c1-11-6-7-13(18)9-16(11)20-10-14(19)17-8-12-4-2-3-5-15(12)21-17/h2-9,14,19H,10H2,1H3. The van der Waals surface area contributed by atoms with Crippen molar-refractivity contribution in [3.63, 3.8) is 0 Å². The van der Waals surface area contributed by atoms with Crippen LogP contribution in [0.3, 0.4) is 0 Å². The number of aliphatic hydroxyl groups excluding tert-OH is 1. The molecule has 0 aliphatic carbocycles. The quantitative estimate of drug-likeness (QED) is 0.788. The molecule has 3 nitrogen and oxygen atoms in total. The Balaban J connectivity index is 1.74. The number of benzene rings is 2. The van der Waals surface area contributed by atoms with Gasteiger partial charge in [-0.3, -0.25) is 0 Å². The lowest BCUT2D eigenvalue weighted by atomic mass is 10.2. The number of rotatable bonds is 4. The van der Waals surface area contributed by atoms with Crippen LogP contribution in [0.2, 0.25) is 0 Å². The Morgan fingerprint density at radius 1 is 1.19 bits per heavy atom. The van der Waals surface area contributed by atoms with Gasteiger partial charge in [0.15, 0.2) is 0 Å². The zero-order valence-electron chi connectivity index (χ0n) is 11.5. The van der Waals surface area contributed by atoms with E-state index in [1.165, 1.54) is 12.1 Å². The summed E-state index contributed by atoms with van der Waals surface area (Å²) in [4.78, 5) is 0. The summed E-state index contributed by atoms with van der Waals surface area (Å²) in [6, 6.07) is 13.6. The average molecular weight is 286 g/mol. The highest BCUT2D eigenvalue weighted by Gasteiger charge is 2.14. The zero-order valence-corrected chi connectivity index (χ0v) is 11.5. The molecule has 1 aromatic heterocycles. The largest absolute Gasteiger partial charge is 0.490 e. The van der Waals surface area contributed by atoms with E-state index in [1.807, 2.05) is 31.2 Å². The summed E-state index contributed by atoms with van der Waals surface area (Å²) in [5.41, 5.74) is 1.53. The van der Waals surface area contributed by atoms with Crippen LogP contribution in [-0.4, -0.2) is 11.7 Å². The summed E-state index contributed by atoms with van der Waals surface area (Å²) in [6.45, 7) is 1.83. The second-order valence-electron chi connectivity index (χ2n) is 4.92. The summed E-state index contributed by atoms with van der Waals surface area (Å²) in [5.74, 6) is 0.490. The van der Waals surface area contributed by atoms with Crippen molar-refractivity contribution >= 4 is 11.0 Å². The van der Waals surface area contributed by atoms with Gasteiger partial charge in [-0.1, -0.05) is 24.3 Å². The lowest BCUT2D eigenvalue weighted by Gasteiger charge is -2.12. The highest BCUT2D eigenvalue weighted by atomic mass is 19.1. The molecule has 3 aromatic rings. The van der Waals surface area contributed by atoms with Gasteiger partial charge < -0.3 is 14.3 Å². The van der Waals surface area contributed by atoms with Gasteiger partial charge in [0.2, 0.25) is 0 Å². The summed E-state index contributed by atoms with van der Waals surface area (Å²) in [5, 5.41) is 11.1. The Bertz CT molecular complexity index is 731. The van der Waals surface area contributed by atoms with Crippen LogP contribution in [0.25, 0.3) is 11.0 Å². The Kier molecular flexibility index (Phi) is 3.62. The third kappa shape index (κ3) is 2.90. The average Bonchev–Trinajstić information content (AvgIpc) is 2.92. The molecule has 0 fully saturated rings. The Morgan fingerprint density at radius 2 is 2.00 bits per heavy atom. The molecule has 0 saturated heterocycles. The highest BCUT2D eigenvalue weighted by Crippen LogP contribution is 2.25. The topological polar surface area (TPSA) is 42.6 Å². The molecule has 0 aliphatic rings. The van der Waals surface area contributed by atoms with Crippen molar-refractivity contribution in [3.8, 4) is 5.75 Å². The molecular formula is C17H15FO3. The molecule has 21 heavy (non-hydrogen) atoms. The number of halogens is 1. The van der Waals surface area contributed by atoms with E-state index >= 15 is 0 Å². The van der Waals surface area contributed by atoms with Crippen LogP contribution in [0, 0.1) is 12.7 Å². The molecule has 0 saturated carbocycles. The van der Waals surface area contributed by atoms with Crippen molar-refractivity contribution in [2.75, 3.05) is 6.61 Å². The summed E-state index contributed by atoms with van der Waals surface area (Å²) < 4.78 is 24.2. The first-order chi connectivity index (χ1) is 10.1. The van der Waals surface area contributed by atoms with E-state index in [9.17, 15) is 9.50 Å². The van der Waals surface area contributed by atoms with Gasteiger partial charge in [0, 0.05) is 11.5 Å². The predicted molar refractivity (Wildman–Crippen MR) is 77.8 cm³/mol. The van der Waals surface area contributed by atoms with Gasteiger partial charge in [-0.2, -0.15) is 0 Å². The van der Waals surface area contributed by atoms with Crippen LogP contribution in [0.4, 0.5) is 4.39 Å². The minimum Gasteiger partial charge on any atom is -0.490 e. The molecule has 1 heterocycles. The number of hydrogen-bond acceptors (Lipinski definition) is 3. The van der Waals surface area contributed by atoms with Crippen molar-refractivity contribution in [2.45, 2.75) is 13.0 Å². The second kappa shape index (κ2) is 5.58. The lowest BCUT2D eigenvalue weighted by Crippen LogP contribution is -2.09. The Hall–Kier alpha value is -2.33. The smallest absolute Gasteiger partial charge is 0.145 e. The summed E-state index contributed by atoms with van der Waals surface area (Å²) in [6.07, 6.45) is -0.903. The van der Waals surface area contributed by atoms with Crippen LogP contribution in [0.1, 0.15) is 17.4 Å². The van der Waals surface area contributed by atoms with E-state index in [0.717, 1.165) is 10.9 Å². The van der Waals surface area contributed by atoms with Crippen LogP contribution in [-0.2, 0) is 0 Å². The second-order valence-corrected chi connectivity index (χ2v) is 4.92. The predicted octanol–water partition coefficient (Wildman–Crippen LogP) is 3.99. The fourth-order valence-electron chi connectivity index (χ4n) is 2.15. The first-order valence-corrected chi connectivity index (χ1v) is 6.69. The maximum atomic E-state index is 13.2. The molecule has 0 aliphatic heterocycles. The lowest BCUT2D eigenvalue weighted by molar-refractivity contribution is 0.0898. The molecule has 1 atom stereocenters. The Morgan fingerprint density at radius 3 is 2.81 bits per heavy atom. The van der Waals surface area contributed by atoms with Crippen molar-refractivity contribution in [2.24, 2.45) is 0 Å². The van der Waals surface area contributed by atoms with E-state index < -0.39 is 6.10 Å². The molecule has 1 N–H and O–H groups in total. The summed E-state index contributed by atoms with van der Waals surface area (Å²) >= 11 is 0. The number of aryl methyl sites for hydroxylation is 1. The number of para-hydroxylation sites is 1. The number of ether oxygens (including phenoxy) is 1. The molecular weight excluding hydrogens is 271 g/mol. The van der Waals surface area contributed by atoms with Crippen LogP contribution < -0.4 is 4.74 Å². The zero-order chi connectivity index (χ0) is 14.8. The molecule has 1 unspecified atom stereocenters. The fourth-order valence-corrected chi connectivity index (χ4v) is 2.15. The van der Waals surface area contributed by atoms with Gasteiger partial charge in [-0.15, -0.1) is 0 Å². The molecule has 4 heteroatoms. The van der Waals surface area contributed by atoms with Gasteiger partial charge in [0.05, 0.1) is 0 Å². The maximum Gasteiger partial charge on any atom is 0.145 e. The number of aliphatic hydroxyl groups is 1. The molecule has 2 aromatic carbocycles. The Labute approximate surface area is 121 Å². The molecule has 0 bridgehead atoms. The van der Waals surface area contributed by atoms with Crippen LogP contribution >= 0.6 is 0 Å². The van der Waals surface area contributed by atoms with Gasteiger partial charge in [0.25, 0.3) is 0 Å². The van der Waals surface area contributed by atoms with Crippen LogP contribution in [0.5, 0.6) is 5.75 Å². The minimum absolute atomic E-state index is 0.00408. The van der Waals surface area contributed by atoms with Gasteiger partial charge in [-0.25, -0.2) is 4.39 Å². The molecule has 0 radical (unpaired) electrons. The van der Waals surface area contributed by atoms with Crippen molar-refractivity contribution < 1.29 is 18.7 Å². The number of hydrogen-bond donors (Lipinski definition) is 1. The van der Waals surface area contributed by atoms with E-state index in [0.29, 0.717) is 17.1 Å². The monoisotopic (exact) mass is 286 g/mol. The van der Waals surface area contributed by atoms with E-state index in [1.54, 1.807) is 12.1 Å². The van der Waals surface area contributed by atoms with Crippen molar-refractivity contribution in [1.82, 2.24) is 0 Å². The van der Waals surface area contributed by atoms with Gasteiger partial charge in [0.1, 0.15) is 35.6 Å². The highest BCUT2D eigenvalue weighted by molar-refractivity contribution is 5.77. The third-order valence-corrected chi connectivity index (χ3v) is 3.32. The third-order valence-electron chi connectivity index (χ3n) is 3.32. The first-order valence-electron chi connectivity index (χ1n) is 6.69. The minimum atomic E-state index is -0.903.